The van der Waals surface area contributed by atoms with E-state index in [2.05, 4.69) is 10.6 Å². The quantitative estimate of drug-likeness (QED) is 0.743. The van der Waals surface area contributed by atoms with Gasteiger partial charge in [0.15, 0.2) is 0 Å². The maximum Gasteiger partial charge on any atom is 0.259 e. The molecule has 0 spiro atoms. The third kappa shape index (κ3) is 3.80. The lowest BCUT2D eigenvalue weighted by Gasteiger charge is -2.10. The second kappa shape index (κ2) is 7.09. The average Bonchev–Trinajstić information content (AvgIpc) is 3.22. The van der Waals surface area contributed by atoms with Gasteiger partial charge in [0, 0.05) is 0 Å². The Labute approximate surface area is 144 Å². The largest absolute Gasteiger partial charge is 0.467 e. The number of hydrogen-bond acceptors (Lipinski definition) is 4. The van der Waals surface area contributed by atoms with Crippen molar-refractivity contribution in [2.24, 2.45) is 0 Å². The molecule has 128 valence electrons. The van der Waals surface area contributed by atoms with Gasteiger partial charge in [-0.25, -0.2) is 0 Å². The number of nitrogens with one attached hydrogen (secondary N) is 2. The summed E-state index contributed by atoms with van der Waals surface area (Å²) in [5, 5.41) is 5.54. The Hall–Kier alpha value is -3.28. The molecule has 0 saturated heterocycles. The molecule has 0 atom stereocenters. The molecule has 6 nitrogen and oxygen atoms in total. The van der Waals surface area contributed by atoms with E-state index in [1.807, 2.05) is 0 Å². The first-order valence-corrected chi connectivity index (χ1v) is 7.82. The zero-order valence-corrected chi connectivity index (χ0v) is 14.0. The fourth-order valence-corrected chi connectivity index (χ4v) is 2.51. The lowest BCUT2D eigenvalue weighted by atomic mass is 10.1. The molecular weight excluding hydrogens is 320 g/mol. The summed E-state index contributed by atoms with van der Waals surface area (Å²) in [6, 6.07) is 12.0. The van der Waals surface area contributed by atoms with E-state index < -0.39 is 0 Å². The predicted molar refractivity (Wildman–Crippen MR) is 92.5 cm³/mol. The van der Waals surface area contributed by atoms with E-state index in [1.165, 1.54) is 0 Å². The Bertz CT molecular complexity index is 894. The van der Waals surface area contributed by atoms with Gasteiger partial charge in [-0.2, -0.15) is 0 Å². The highest BCUT2D eigenvalue weighted by Crippen LogP contribution is 2.19. The van der Waals surface area contributed by atoms with Crippen LogP contribution in [0.15, 0.2) is 57.6 Å². The minimum absolute atomic E-state index is 0.272. The van der Waals surface area contributed by atoms with Gasteiger partial charge in [0.1, 0.15) is 17.3 Å². The molecule has 2 aromatic heterocycles. The van der Waals surface area contributed by atoms with Crippen LogP contribution < -0.4 is 10.6 Å². The molecule has 3 aromatic rings. The van der Waals surface area contributed by atoms with Crippen molar-refractivity contribution < 1.29 is 18.4 Å². The van der Waals surface area contributed by atoms with Crippen molar-refractivity contribution in [3.8, 4) is 0 Å². The van der Waals surface area contributed by atoms with Crippen LogP contribution in [0.25, 0.3) is 0 Å². The van der Waals surface area contributed by atoms with E-state index >= 15 is 0 Å². The topological polar surface area (TPSA) is 84.5 Å². The first kappa shape index (κ1) is 16.6. The van der Waals surface area contributed by atoms with E-state index in [-0.39, 0.29) is 18.4 Å². The third-order valence-corrected chi connectivity index (χ3v) is 3.71. The highest BCUT2D eigenvalue weighted by molar-refractivity contribution is 6.09. The van der Waals surface area contributed by atoms with Crippen molar-refractivity contribution in [1.29, 1.82) is 0 Å². The van der Waals surface area contributed by atoms with Crippen LogP contribution in [0.1, 0.15) is 38.0 Å². The molecule has 0 aliphatic rings. The van der Waals surface area contributed by atoms with Gasteiger partial charge in [-0.05, 0) is 44.2 Å². The van der Waals surface area contributed by atoms with Crippen molar-refractivity contribution in [2.45, 2.75) is 20.4 Å². The SMILES string of the molecule is Cc1cc(C(=O)Nc2ccccc2C(=O)NCc2ccco2)c(C)o1. The predicted octanol–water partition coefficient (Wildman–Crippen LogP) is 3.67. The molecule has 0 radical (unpaired) electrons. The lowest BCUT2D eigenvalue weighted by molar-refractivity contribution is 0.0949. The highest BCUT2D eigenvalue weighted by Gasteiger charge is 2.17. The van der Waals surface area contributed by atoms with Crippen LogP contribution in [0.4, 0.5) is 5.69 Å². The number of carbonyl (C=O) groups excluding carboxylic acids is 2. The Morgan fingerprint density at radius 1 is 1.00 bits per heavy atom. The Kier molecular flexibility index (Phi) is 4.70. The zero-order chi connectivity index (χ0) is 17.8. The normalized spacial score (nSPS) is 10.5. The summed E-state index contributed by atoms with van der Waals surface area (Å²) >= 11 is 0. The van der Waals surface area contributed by atoms with E-state index in [0.29, 0.717) is 34.1 Å². The van der Waals surface area contributed by atoms with Gasteiger partial charge in [-0.3, -0.25) is 9.59 Å². The van der Waals surface area contributed by atoms with Gasteiger partial charge in [-0.15, -0.1) is 0 Å². The number of amides is 2. The minimum Gasteiger partial charge on any atom is -0.467 e. The van der Waals surface area contributed by atoms with Gasteiger partial charge in [0.05, 0.1) is 29.6 Å². The first-order valence-electron chi connectivity index (χ1n) is 7.82. The average molecular weight is 338 g/mol. The summed E-state index contributed by atoms with van der Waals surface area (Å²) in [6.07, 6.45) is 1.55. The second-order valence-corrected chi connectivity index (χ2v) is 5.59. The van der Waals surface area contributed by atoms with Crippen LogP contribution in [-0.4, -0.2) is 11.8 Å². The summed E-state index contributed by atoms with van der Waals surface area (Å²) in [6.45, 7) is 3.78. The number of aryl methyl sites for hydroxylation is 2. The highest BCUT2D eigenvalue weighted by atomic mass is 16.3. The number of carbonyl (C=O) groups is 2. The monoisotopic (exact) mass is 338 g/mol. The molecule has 1 aromatic carbocycles. The van der Waals surface area contributed by atoms with Crippen LogP contribution in [0.5, 0.6) is 0 Å². The van der Waals surface area contributed by atoms with Crippen molar-refractivity contribution in [1.82, 2.24) is 5.32 Å². The van der Waals surface area contributed by atoms with Crippen molar-refractivity contribution in [2.75, 3.05) is 5.32 Å². The molecule has 2 amide bonds. The summed E-state index contributed by atoms with van der Waals surface area (Å²) in [5.41, 5.74) is 1.26. The molecule has 0 saturated carbocycles. The van der Waals surface area contributed by atoms with E-state index in [9.17, 15) is 9.59 Å². The fraction of sp³-hybridized carbons (Fsp3) is 0.158. The number of para-hydroxylation sites is 1. The number of benzene rings is 1. The third-order valence-electron chi connectivity index (χ3n) is 3.71. The van der Waals surface area contributed by atoms with Gasteiger partial charge in [0.2, 0.25) is 0 Å². The van der Waals surface area contributed by atoms with Gasteiger partial charge < -0.3 is 19.5 Å². The lowest BCUT2D eigenvalue weighted by Crippen LogP contribution is -2.24. The van der Waals surface area contributed by atoms with E-state index in [0.717, 1.165) is 0 Å². The maximum atomic E-state index is 12.4. The Morgan fingerprint density at radius 2 is 1.80 bits per heavy atom. The molecule has 2 heterocycles. The number of anilines is 1. The first-order chi connectivity index (χ1) is 12.0. The van der Waals surface area contributed by atoms with Crippen LogP contribution in [-0.2, 0) is 6.54 Å². The summed E-state index contributed by atoms with van der Waals surface area (Å²) in [4.78, 5) is 24.9. The number of hydrogen-bond donors (Lipinski definition) is 2. The van der Waals surface area contributed by atoms with Crippen LogP contribution in [0.2, 0.25) is 0 Å². The van der Waals surface area contributed by atoms with Crippen LogP contribution in [0, 0.1) is 13.8 Å². The standard InChI is InChI=1S/C19H18N2O4/c1-12-10-16(13(2)25-12)19(23)21-17-8-4-3-7-15(17)18(22)20-11-14-6-5-9-24-14/h3-10H,11H2,1-2H3,(H,20,22)(H,21,23). The Balaban J connectivity index is 1.75. The van der Waals surface area contributed by atoms with E-state index in [4.69, 9.17) is 8.83 Å². The molecule has 0 aliphatic heterocycles. The van der Waals surface area contributed by atoms with Crippen LogP contribution >= 0.6 is 0 Å². The molecule has 2 N–H and O–H groups in total. The summed E-state index contributed by atoms with van der Waals surface area (Å²) < 4.78 is 10.6. The fourth-order valence-electron chi connectivity index (χ4n) is 2.51. The van der Waals surface area contributed by atoms with Crippen molar-refractivity contribution in [3.63, 3.8) is 0 Å². The minimum atomic E-state index is -0.319. The molecule has 25 heavy (non-hydrogen) atoms. The summed E-state index contributed by atoms with van der Waals surface area (Å²) in [5.74, 6) is 1.23. The van der Waals surface area contributed by atoms with Crippen molar-refractivity contribution in [3.05, 3.63) is 77.1 Å². The molecule has 6 heteroatoms. The van der Waals surface area contributed by atoms with Crippen molar-refractivity contribution >= 4 is 17.5 Å². The van der Waals surface area contributed by atoms with E-state index in [1.54, 1.807) is 62.6 Å². The molecule has 0 fully saturated rings. The number of furan rings is 2. The molecular formula is C19H18N2O4. The summed E-state index contributed by atoms with van der Waals surface area (Å²) in [7, 11) is 0. The zero-order valence-electron chi connectivity index (χ0n) is 14.0. The molecule has 3 rings (SSSR count). The van der Waals surface area contributed by atoms with Crippen LogP contribution in [0.3, 0.4) is 0 Å². The Morgan fingerprint density at radius 3 is 2.48 bits per heavy atom. The maximum absolute atomic E-state index is 12.4. The smallest absolute Gasteiger partial charge is 0.259 e. The number of rotatable bonds is 5. The van der Waals surface area contributed by atoms with Gasteiger partial charge in [-0.1, -0.05) is 12.1 Å². The molecule has 0 aliphatic carbocycles. The van der Waals surface area contributed by atoms with Gasteiger partial charge >= 0.3 is 0 Å². The second-order valence-electron chi connectivity index (χ2n) is 5.59. The molecule has 0 bridgehead atoms. The molecule has 0 unspecified atom stereocenters. The van der Waals surface area contributed by atoms with Gasteiger partial charge in [0.25, 0.3) is 11.8 Å².